The average molecular weight is 314 g/mol. The molecule has 122 valence electrons. The molecule has 1 aliphatic rings. The van der Waals surface area contributed by atoms with E-state index < -0.39 is 0 Å². The number of furan rings is 1. The number of piperidine rings is 1. The van der Waals surface area contributed by atoms with Crippen LogP contribution in [0.25, 0.3) is 0 Å². The van der Waals surface area contributed by atoms with Crippen LogP contribution in [0.15, 0.2) is 47.1 Å². The molecule has 1 aromatic carbocycles. The van der Waals surface area contributed by atoms with Gasteiger partial charge in [0.15, 0.2) is 5.76 Å². The molecule has 5 nitrogen and oxygen atoms in total. The minimum atomic E-state index is -0.166. The summed E-state index contributed by atoms with van der Waals surface area (Å²) in [5.41, 5.74) is 0.758. The van der Waals surface area contributed by atoms with Gasteiger partial charge in [-0.25, -0.2) is 0 Å². The van der Waals surface area contributed by atoms with E-state index in [2.05, 4.69) is 17.6 Å². The molecule has 0 aliphatic carbocycles. The Balaban J connectivity index is 1.59. The van der Waals surface area contributed by atoms with Crippen molar-refractivity contribution in [2.45, 2.75) is 38.5 Å². The maximum absolute atomic E-state index is 12.4. The van der Waals surface area contributed by atoms with Crippen LogP contribution in [0, 0.1) is 0 Å². The van der Waals surface area contributed by atoms with Gasteiger partial charge in [0.05, 0.1) is 6.26 Å². The first-order valence-electron chi connectivity index (χ1n) is 8.01. The number of rotatable bonds is 5. The minimum absolute atomic E-state index is 0.166. The van der Waals surface area contributed by atoms with E-state index in [0.29, 0.717) is 18.4 Å². The zero-order valence-corrected chi connectivity index (χ0v) is 13.2. The van der Waals surface area contributed by atoms with E-state index in [-0.39, 0.29) is 11.9 Å². The van der Waals surface area contributed by atoms with Crippen molar-refractivity contribution in [3.05, 3.63) is 54.0 Å². The smallest absolute Gasteiger partial charge is 0.287 e. The van der Waals surface area contributed by atoms with Crippen LogP contribution in [-0.2, 0) is 6.61 Å². The molecule has 1 saturated heterocycles. The third-order valence-electron chi connectivity index (χ3n) is 4.05. The molecule has 23 heavy (non-hydrogen) atoms. The maximum atomic E-state index is 12.4. The Hall–Kier alpha value is -2.27. The highest BCUT2D eigenvalue weighted by Crippen LogP contribution is 2.17. The molecule has 1 aliphatic heterocycles. The van der Waals surface area contributed by atoms with E-state index in [1.165, 1.54) is 6.26 Å². The number of benzene rings is 1. The second-order valence-corrected chi connectivity index (χ2v) is 5.93. The summed E-state index contributed by atoms with van der Waals surface area (Å²) in [4.78, 5) is 12.4. The molecule has 5 heteroatoms. The highest BCUT2D eigenvalue weighted by Gasteiger charge is 2.23. The van der Waals surface area contributed by atoms with Gasteiger partial charge in [0, 0.05) is 17.6 Å². The lowest BCUT2D eigenvalue weighted by Crippen LogP contribution is -2.46. The molecule has 2 atom stereocenters. The van der Waals surface area contributed by atoms with Gasteiger partial charge in [-0.3, -0.25) is 4.79 Å². The van der Waals surface area contributed by atoms with E-state index in [9.17, 15) is 4.79 Å². The van der Waals surface area contributed by atoms with Crippen molar-refractivity contribution in [3.63, 3.8) is 0 Å². The maximum Gasteiger partial charge on any atom is 0.287 e. The standard InChI is InChI=1S/C18H22N2O3/c1-13-11-15(7-9-19-13)20-18(21)17-14(8-10-22-17)12-23-16-5-3-2-4-6-16/h2-6,8,10,13,15,19H,7,9,11-12H2,1H3,(H,20,21). The van der Waals surface area contributed by atoms with Crippen molar-refractivity contribution >= 4 is 5.91 Å². The van der Waals surface area contributed by atoms with E-state index >= 15 is 0 Å². The Bertz CT molecular complexity index is 639. The molecule has 1 fully saturated rings. The van der Waals surface area contributed by atoms with Gasteiger partial charge in [-0.05, 0) is 44.5 Å². The van der Waals surface area contributed by atoms with Crippen molar-refractivity contribution in [3.8, 4) is 5.75 Å². The van der Waals surface area contributed by atoms with E-state index in [4.69, 9.17) is 9.15 Å². The zero-order chi connectivity index (χ0) is 16.1. The number of para-hydroxylation sites is 1. The first-order valence-corrected chi connectivity index (χ1v) is 8.01. The highest BCUT2D eigenvalue weighted by molar-refractivity contribution is 5.93. The summed E-state index contributed by atoms with van der Waals surface area (Å²) in [5.74, 6) is 0.945. The number of carbonyl (C=O) groups is 1. The zero-order valence-electron chi connectivity index (χ0n) is 13.2. The van der Waals surface area contributed by atoms with Crippen LogP contribution in [0.4, 0.5) is 0 Å². The summed E-state index contributed by atoms with van der Waals surface area (Å²) in [6.45, 7) is 3.37. The second kappa shape index (κ2) is 7.33. The summed E-state index contributed by atoms with van der Waals surface area (Å²) in [7, 11) is 0. The molecule has 2 N–H and O–H groups in total. The Morgan fingerprint density at radius 3 is 2.96 bits per heavy atom. The van der Waals surface area contributed by atoms with Crippen LogP contribution < -0.4 is 15.4 Å². The first-order chi connectivity index (χ1) is 11.2. The normalized spacial score (nSPS) is 20.9. The monoisotopic (exact) mass is 314 g/mol. The lowest BCUT2D eigenvalue weighted by molar-refractivity contribution is 0.0894. The number of nitrogens with one attached hydrogen (secondary N) is 2. The predicted molar refractivity (Wildman–Crippen MR) is 87.4 cm³/mol. The van der Waals surface area contributed by atoms with Crippen LogP contribution in [0.5, 0.6) is 5.75 Å². The number of ether oxygens (including phenoxy) is 1. The van der Waals surface area contributed by atoms with Crippen LogP contribution >= 0.6 is 0 Å². The van der Waals surface area contributed by atoms with Gasteiger partial charge in [0.25, 0.3) is 5.91 Å². The van der Waals surface area contributed by atoms with Gasteiger partial charge in [-0.2, -0.15) is 0 Å². The highest BCUT2D eigenvalue weighted by atomic mass is 16.5. The van der Waals surface area contributed by atoms with Crippen LogP contribution in [-0.4, -0.2) is 24.5 Å². The first kappa shape index (κ1) is 15.6. The van der Waals surface area contributed by atoms with Crippen molar-refractivity contribution in [2.75, 3.05) is 6.54 Å². The van der Waals surface area contributed by atoms with Gasteiger partial charge in [0.1, 0.15) is 12.4 Å². The summed E-state index contributed by atoms with van der Waals surface area (Å²) < 4.78 is 11.1. The third kappa shape index (κ3) is 4.13. The van der Waals surface area contributed by atoms with Crippen LogP contribution in [0.1, 0.15) is 35.9 Å². The molecule has 2 unspecified atom stereocenters. The third-order valence-corrected chi connectivity index (χ3v) is 4.05. The Kier molecular flexibility index (Phi) is 4.98. The fourth-order valence-corrected chi connectivity index (χ4v) is 2.84. The number of hydrogen-bond donors (Lipinski definition) is 2. The van der Waals surface area contributed by atoms with Crippen molar-refractivity contribution in [1.82, 2.24) is 10.6 Å². The molecule has 0 bridgehead atoms. The van der Waals surface area contributed by atoms with Crippen LogP contribution in [0.3, 0.4) is 0 Å². The number of hydrogen-bond acceptors (Lipinski definition) is 4. The Morgan fingerprint density at radius 1 is 1.35 bits per heavy atom. The van der Waals surface area contributed by atoms with Gasteiger partial charge in [-0.1, -0.05) is 18.2 Å². The molecular formula is C18H22N2O3. The molecule has 0 radical (unpaired) electrons. The van der Waals surface area contributed by atoms with Crippen LogP contribution in [0.2, 0.25) is 0 Å². The topological polar surface area (TPSA) is 63.5 Å². The van der Waals surface area contributed by atoms with E-state index in [1.807, 2.05) is 30.3 Å². The molecule has 1 aromatic heterocycles. The largest absolute Gasteiger partial charge is 0.489 e. The minimum Gasteiger partial charge on any atom is -0.489 e. The summed E-state index contributed by atoms with van der Waals surface area (Å²) in [6.07, 6.45) is 3.40. The second-order valence-electron chi connectivity index (χ2n) is 5.93. The summed E-state index contributed by atoms with van der Waals surface area (Å²) in [5, 5.41) is 6.44. The molecule has 2 aromatic rings. The van der Waals surface area contributed by atoms with E-state index in [0.717, 1.165) is 30.7 Å². The predicted octanol–water partition coefficient (Wildman–Crippen LogP) is 2.73. The van der Waals surface area contributed by atoms with Crippen molar-refractivity contribution < 1.29 is 13.9 Å². The number of carbonyl (C=O) groups excluding carboxylic acids is 1. The van der Waals surface area contributed by atoms with Gasteiger partial charge < -0.3 is 19.8 Å². The average Bonchev–Trinajstić information content (AvgIpc) is 3.02. The summed E-state index contributed by atoms with van der Waals surface area (Å²) >= 11 is 0. The lowest BCUT2D eigenvalue weighted by atomic mass is 10.0. The lowest BCUT2D eigenvalue weighted by Gasteiger charge is -2.28. The Labute approximate surface area is 136 Å². The molecule has 2 heterocycles. The Morgan fingerprint density at radius 2 is 2.17 bits per heavy atom. The van der Waals surface area contributed by atoms with Gasteiger partial charge in [-0.15, -0.1) is 0 Å². The fourth-order valence-electron chi connectivity index (χ4n) is 2.84. The SMILES string of the molecule is CC1CC(NC(=O)c2occc2COc2ccccc2)CCN1. The van der Waals surface area contributed by atoms with Crippen molar-refractivity contribution in [2.24, 2.45) is 0 Å². The quantitative estimate of drug-likeness (QED) is 0.891. The fraction of sp³-hybridized carbons (Fsp3) is 0.389. The van der Waals surface area contributed by atoms with Gasteiger partial charge in [0.2, 0.25) is 0 Å². The van der Waals surface area contributed by atoms with Gasteiger partial charge >= 0.3 is 0 Å². The number of amides is 1. The molecule has 1 amide bonds. The molecule has 3 rings (SSSR count). The van der Waals surface area contributed by atoms with E-state index in [1.54, 1.807) is 6.07 Å². The molecule has 0 spiro atoms. The van der Waals surface area contributed by atoms with Crippen molar-refractivity contribution in [1.29, 1.82) is 0 Å². The molecule has 0 saturated carbocycles. The molecular weight excluding hydrogens is 292 g/mol. The summed E-state index contributed by atoms with van der Waals surface area (Å²) in [6, 6.07) is 11.9.